The fraction of sp³-hybridized carbons (Fsp3) is 0.917. The Bertz CT molecular complexity index is 253. The molecule has 2 aliphatic rings. The second-order valence-corrected chi connectivity index (χ2v) is 4.60. The van der Waals surface area contributed by atoms with Gasteiger partial charge in [0.25, 0.3) is 0 Å². The summed E-state index contributed by atoms with van der Waals surface area (Å²) in [6.07, 6.45) is 3.72. The van der Waals surface area contributed by atoms with Crippen LogP contribution < -0.4 is 0 Å². The molecule has 2 heterocycles. The van der Waals surface area contributed by atoms with Crippen LogP contribution in [0.4, 0.5) is 0 Å². The van der Waals surface area contributed by atoms with Crippen LogP contribution in [0.25, 0.3) is 0 Å². The molecule has 0 aliphatic carbocycles. The second kappa shape index (κ2) is 6.33. The number of carbonyl (C=O) groups is 1. The maximum absolute atomic E-state index is 11.6. The van der Waals surface area contributed by atoms with Gasteiger partial charge in [0.2, 0.25) is 0 Å². The Morgan fingerprint density at radius 3 is 3.00 bits per heavy atom. The van der Waals surface area contributed by atoms with Gasteiger partial charge in [-0.15, -0.1) is 0 Å². The zero-order valence-electron chi connectivity index (χ0n) is 10.4. The molecular formula is C12H21NO4. The van der Waals surface area contributed by atoms with E-state index in [4.69, 9.17) is 14.2 Å². The third-order valence-corrected chi connectivity index (χ3v) is 3.42. The van der Waals surface area contributed by atoms with Gasteiger partial charge < -0.3 is 14.2 Å². The minimum atomic E-state index is -0.265. The van der Waals surface area contributed by atoms with Crippen LogP contribution in [0.15, 0.2) is 0 Å². The van der Waals surface area contributed by atoms with Gasteiger partial charge in [0, 0.05) is 19.7 Å². The third kappa shape index (κ3) is 3.40. The first-order valence-electron chi connectivity index (χ1n) is 6.32. The molecule has 0 radical (unpaired) electrons. The minimum absolute atomic E-state index is 0.208. The fourth-order valence-corrected chi connectivity index (χ4v) is 2.42. The molecule has 0 aromatic carbocycles. The molecule has 5 nitrogen and oxygen atoms in total. The molecule has 17 heavy (non-hydrogen) atoms. The first kappa shape index (κ1) is 12.8. The van der Waals surface area contributed by atoms with Crippen LogP contribution >= 0.6 is 0 Å². The number of hydrogen-bond acceptors (Lipinski definition) is 5. The van der Waals surface area contributed by atoms with Gasteiger partial charge in [-0.3, -0.25) is 9.69 Å². The third-order valence-electron chi connectivity index (χ3n) is 3.42. The first-order valence-corrected chi connectivity index (χ1v) is 6.32. The molecule has 2 fully saturated rings. The maximum Gasteiger partial charge on any atom is 0.325 e. The number of ether oxygens (including phenoxy) is 3. The molecule has 2 atom stereocenters. The van der Waals surface area contributed by atoms with Crippen molar-refractivity contribution in [1.82, 2.24) is 4.90 Å². The number of hydrogen-bond donors (Lipinski definition) is 0. The average Bonchev–Trinajstić information content (AvgIpc) is 2.40. The highest BCUT2D eigenvalue weighted by molar-refractivity contribution is 5.75. The highest BCUT2D eigenvalue weighted by Crippen LogP contribution is 2.17. The number of morpholine rings is 1. The largest absolute Gasteiger partial charge is 0.468 e. The molecule has 98 valence electrons. The average molecular weight is 243 g/mol. The molecule has 0 N–H and O–H groups in total. The second-order valence-electron chi connectivity index (χ2n) is 4.60. The lowest BCUT2D eigenvalue weighted by molar-refractivity contribution is -0.155. The molecule has 5 heteroatoms. The molecule has 2 aliphatic heterocycles. The smallest absolute Gasteiger partial charge is 0.325 e. The summed E-state index contributed by atoms with van der Waals surface area (Å²) in [4.78, 5) is 13.8. The van der Waals surface area contributed by atoms with Crippen LogP contribution in [-0.4, -0.2) is 63.0 Å². The summed E-state index contributed by atoms with van der Waals surface area (Å²) in [5, 5.41) is 0. The van der Waals surface area contributed by atoms with Gasteiger partial charge in [-0.05, 0) is 19.3 Å². The van der Waals surface area contributed by atoms with Crippen molar-refractivity contribution >= 4 is 5.97 Å². The zero-order valence-corrected chi connectivity index (χ0v) is 10.4. The maximum atomic E-state index is 11.6. The molecule has 2 rings (SSSR count). The summed E-state index contributed by atoms with van der Waals surface area (Å²) in [5.74, 6) is -0.208. The van der Waals surface area contributed by atoms with E-state index in [1.807, 2.05) is 0 Å². The van der Waals surface area contributed by atoms with Gasteiger partial charge in [0.15, 0.2) is 0 Å². The molecule has 0 saturated carbocycles. The van der Waals surface area contributed by atoms with Crippen molar-refractivity contribution in [2.45, 2.75) is 31.4 Å². The van der Waals surface area contributed by atoms with E-state index in [2.05, 4.69) is 4.90 Å². The normalized spacial score (nSPS) is 31.1. The van der Waals surface area contributed by atoms with Gasteiger partial charge in [-0.2, -0.15) is 0 Å². The quantitative estimate of drug-likeness (QED) is 0.673. The summed E-state index contributed by atoms with van der Waals surface area (Å²) in [7, 11) is 1.42. The Morgan fingerprint density at radius 1 is 1.41 bits per heavy atom. The van der Waals surface area contributed by atoms with Crippen molar-refractivity contribution in [2.24, 2.45) is 0 Å². The van der Waals surface area contributed by atoms with E-state index in [-0.39, 0.29) is 18.1 Å². The van der Waals surface area contributed by atoms with E-state index in [0.29, 0.717) is 13.2 Å². The van der Waals surface area contributed by atoms with Crippen LogP contribution in [0, 0.1) is 0 Å². The van der Waals surface area contributed by atoms with E-state index in [1.165, 1.54) is 13.5 Å². The number of nitrogens with zero attached hydrogens (tertiary/aromatic N) is 1. The lowest BCUT2D eigenvalue weighted by Crippen LogP contribution is -2.53. The summed E-state index contributed by atoms with van der Waals surface area (Å²) in [6.45, 7) is 3.54. The van der Waals surface area contributed by atoms with Crippen LogP contribution in [0.2, 0.25) is 0 Å². The summed E-state index contributed by atoms with van der Waals surface area (Å²) in [6, 6.07) is -0.265. The Kier molecular flexibility index (Phi) is 4.76. The van der Waals surface area contributed by atoms with Crippen molar-refractivity contribution in [1.29, 1.82) is 0 Å². The predicted octanol–water partition coefficient (Wildman–Crippen LogP) is 0.429. The lowest BCUT2D eigenvalue weighted by Gasteiger charge is -2.36. The highest BCUT2D eigenvalue weighted by atomic mass is 16.5. The summed E-state index contributed by atoms with van der Waals surface area (Å²) < 4.78 is 15.9. The molecule has 0 bridgehead atoms. The number of esters is 1. The molecule has 0 aromatic heterocycles. The monoisotopic (exact) mass is 243 g/mol. The highest BCUT2D eigenvalue weighted by Gasteiger charge is 2.32. The Hall–Kier alpha value is -0.650. The van der Waals surface area contributed by atoms with Crippen molar-refractivity contribution < 1.29 is 19.0 Å². The predicted molar refractivity (Wildman–Crippen MR) is 61.8 cm³/mol. The van der Waals surface area contributed by atoms with Crippen LogP contribution in [0.1, 0.15) is 19.3 Å². The van der Waals surface area contributed by atoms with Crippen molar-refractivity contribution in [3.63, 3.8) is 0 Å². The molecule has 0 aromatic rings. The standard InChI is InChI=1S/C12H21NO4/c1-15-12(14)11-9-16-7-5-13(11)8-10-4-2-3-6-17-10/h10-11H,2-9H2,1H3. The first-order chi connectivity index (χ1) is 8.31. The Balaban J connectivity index is 1.88. The number of rotatable bonds is 3. The SMILES string of the molecule is COC(=O)C1COCCN1CC1CCCCO1. The van der Waals surface area contributed by atoms with Crippen molar-refractivity contribution in [2.75, 3.05) is 40.0 Å². The van der Waals surface area contributed by atoms with Gasteiger partial charge in [0.05, 0.1) is 26.4 Å². The molecule has 0 spiro atoms. The topological polar surface area (TPSA) is 48.0 Å². The van der Waals surface area contributed by atoms with Gasteiger partial charge in [-0.25, -0.2) is 0 Å². The fourth-order valence-electron chi connectivity index (χ4n) is 2.42. The number of methoxy groups -OCH3 is 1. The van der Waals surface area contributed by atoms with Crippen LogP contribution in [-0.2, 0) is 19.0 Å². The van der Waals surface area contributed by atoms with Gasteiger partial charge in [-0.1, -0.05) is 0 Å². The zero-order chi connectivity index (χ0) is 12.1. The minimum Gasteiger partial charge on any atom is -0.468 e. The Morgan fingerprint density at radius 2 is 2.29 bits per heavy atom. The van der Waals surface area contributed by atoms with E-state index < -0.39 is 0 Å². The van der Waals surface area contributed by atoms with Crippen molar-refractivity contribution in [3.8, 4) is 0 Å². The van der Waals surface area contributed by atoms with E-state index in [1.54, 1.807) is 0 Å². The van der Waals surface area contributed by atoms with Crippen molar-refractivity contribution in [3.05, 3.63) is 0 Å². The Labute approximate surface area is 102 Å². The summed E-state index contributed by atoms with van der Waals surface area (Å²) in [5.41, 5.74) is 0. The molecule has 0 amide bonds. The lowest BCUT2D eigenvalue weighted by atomic mass is 10.1. The van der Waals surface area contributed by atoms with Gasteiger partial charge >= 0.3 is 5.97 Å². The molecular weight excluding hydrogens is 222 g/mol. The van der Waals surface area contributed by atoms with Crippen LogP contribution in [0.5, 0.6) is 0 Å². The summed E-state index contributed by atoms with van der Waals surface area (Å²) >= 11 is 0. The van der Waals surface area contributed by atoms with E-state index in [0.717, 1.165) is 32.5 Å². The van der Waals surface area contributed by atoms with Crippen LogP contribution in [0.3, 0.4) is 0 Å². The van der Waals surface area contributed by atoms with Gasteiger partial charge in [0.1, 0.15) is 6.04 Å². The number of carbonyl (C=O) groups excluding carboxylic acids is 1. The van der Waals surface area contributed by atoms with E-state index in [9.17, 15) is 4.79 Å². The molecule has 2 unspecified atom stereocenters. The molecule has 2 saturated heterocycles. The van der Waals surface area contributed by atoms with E-state index >= 15 is 0 Å².